The largest absolute Gasteiger partial charge is 0.160 e. The summed E-state index contributed by atoms with van der Waals surface area (Å²) in [7, 11) is 5.49. The fourth-order valence-electron chi connectivity index (χ4n) is 0.313. The smallest absolute Gasteiger partial charge is 0.0748 e. The molecule has 0 aliphatic carbocycles. The zero-order chi connectivity index (χ0) is 6.04. The third-order valence-electron chi connectivity index (χ3n) is 0.676. The lowest BCUT2D eigenvalue weighted by atomic mass is 10.5. The Balaban J connectivity index is 2.33. The Bertz CT molecular complexity index is 71.7. The maximum Gasteiger partial charge on any atom is 0.0748 e. The summed E-state index contributed by atoms with van der Waals surface area (Å²) in [5.41, 5.74) is 0. The van der Waals surface area contributed by atoms with Crippen LogP contribution in [0, 0.1) is 0 Å². The average molecular weight is 202 g/mol. The quantitative estimate of drug-likeness (QED) is 0.352. The van der Waals surface area contributed by atoms with Gasteiger partial charge < -0.3 is 0 Å². The molecule has 0 unspecified atom stereocenters. The van der Waals surface area contributed by atoms with Gasteiger partial charge in [-0.05, 0) is 9.83 Å². The van der Waals surface area contributed by atoms with Crippen LogP contribution in [0.2, 0.25) is 0 Å². The van der Waals surface area contributed by atoms with Gasteiger partial charge in [0.1, 0.15) is 0 Å². The van der Waals surface area contributed by atoms with Crippen molar-refractivity contribution in [1.29, 1.82) is 0 Å². The first kappa shape index (κ1) is 7.85. The van der Waals surface area contributed by atoms with Crippen LogP contribution < -0.4 is 0 Å². The van der Waals surface area contributed by atoms with Crippen LogP contribution >= 0.6 is 56.7 Å². The zero-order valence-electron chi connectivity index (χ0n) is 4.03. The van der Waals surface area contributed by atoms with Gasteiger partial charge in [-0.15, -0.1) is 0 Å². The van der Waals surface area contributed by atoms with E-state index in [0.29, 0.717) is 0 Å². The molecule has 0 nitrogen and oxygen atoms in total. The van der Waals surface area contributed by atoms with E-state index in [2.05, 4.69) is 25.3 Å². The van der Waals surface area contributed by atoms with Crippen LogP contribution in [-0.2, 0) is 0 Å². The molecule has 0 saturated carbocycles. The first-order valence-electron chi connectivity index (χ1n) is 2.07. The molecule has 5 heteroatoms. The summed E-state index contributed by atoms with van der Waals surface area (Å²) in [5, 5.41) is 0. The van der Waals surface area contributed by atoms with Crippen LogP contribution in [0.3, 0.4) is 0 Å². The summed E-state index contributed by atoms with van der Waals surface area (Å²) in [4.78, 5) is 0. The zero-order valence-corrected chi connectivity index (χ0v) is 8.27. The van der Waals surface area contributed by atoms with E-state index in [1.807, 2.05) is 31.4 Å². The van der Waals surface area contributed by atoms with Crippen molar-refractivity contribution in [3.8, 4) is 0 Å². The second-order valence-corrected chi connectivity index (χ2v) is 7.87. The van der Waals surface area contributed by atoms with E-state index in [1.165, 1.54) is 0 Å². The highest BCUT2D eigenvalue weighted by Crippen LogP contribution is 2.47. The number of rotatable bonds is 0. The van der Waals surface area contributed by atoms with Crippen LogP contribution in [0.5, 0.6) is 0 Å². The standard InChI is InChI=1S/C3H6S5/c4-3(5)1-6-8-7-2-3/h4-5H,1-2H2. The van der Waals surface area contributed by atoms with Crippen molar-refractivity contribution in [1.82, 2.24) is 0 Å². The van der Waals surface area contributed by atoms with Gasteiger partial charge in [-0.3, -0.25) is 0 Å². The number of hydrogen-bond donors (Lipinski definition) is 2. The molecule has 0 aromatic carbocycles. The summed E-state index contributed by atoms with van der Waals surface area (Å²) in [6.45, 7) is 0. The van der Waals surface area contributed by atoms with E-state index < -0.39 is 0 Å². The molecular formula is C3H6S5. The van der Waals surface area contributed by atoms with Crippen molar-refractivity contribution >= 4 is 56.7 Å². The second-order valence-electron chi connectivity index (χ2n) is 1.57. The minimum absolute atomic E-state index is 0.0272. The highest BCUT2D eigenvalue weighted by Gasteiger charge is 2.24. The van der Waals surface area contributed by atoms with Crippen molar-refractivity contribution in [2.75, 3.05) is 11.5 Å². The Morgan fingerprint density at radius 2 is 1.62 bits per heavy atom. The summed E-state index contributed by atoms with van der Waals surface area (Å²) in [5.74, 6) is 2.08. The minimum atomic E-state index is -0.0272. The minimum Gasteiger partial charge on any atom is -0.160 e. The van der Waals surface area contributed by atoms with Crippen molar-refractivity contribution in [3.63, 3.8) is 0 Å². The van der Waals surface area contributed by atoms with Crippen LogP contribution in [0.1, 0.15) is 0 Å². The van der Waals surface area contributed by atoms with E-state index >= 15 is 0 Å². The molecule has 0 radical (unpaired) electrons. The van der Waals surface area contributed by atoms with Gasteiger partial charge in [0.25, 0.3) is 0 Å². The van der Waals surface area contributed by atoms with Crippen molar-refractivity contribution in [2.45, 2.75) is 4.08 Å². The third kappa shape index (κ3) is 2.56. The molecular weight excluding hydrogens is 196 g/mol. The van der Waals surface area contributed by atoms with Gasteiger partial charge >= 0.3 is 0 Å². The average Bonchev–Trinajstić information content (AvgIpc) is 1.65. The monoisotopic (exact) mass is 202 g/mol. The van der Waals surface area contributed by atoms with Gasteiger partial charge in [0.05, 0.1) is 4.08 Å². The Kier molecular flexibility index (Phi) is 3.17. The lowest BCUT2D eigenvalue weighted by Gasteiger charge is -2.24. The van der Waals surface area contributed by atoms with E-state index in [0.717, 1.165) is 11.5 Å². The molecule has 0 aromatic heterocycles. The van der Waals surface area contributed by atoms with Crippen LogP contribution in [0.25, 0.3) is 0 Å². The highest BCUT2D eigenvalue weighted by atomic mass is 33.5. The topological polar surface area (TPSA) is 0 Å². The van der Waals surface area contributed by atoms with E-state index in [-0.39, 0.29) is 4.08 Å². The van der Waals surface area contributed by atoms with Gasteiger partial charge in [-0.2, -0.15) is 25.3 Å². The van der Waals surface area contributed by atoms with Crippen molar-refractivity contribution < 1.29 is 0 Å². The molecule has 0 bridgehead atoms. The van der Waals surface area contributed by atoms with Gasteiger partial charge in [-0.25, -0.2) is 0 Å². The molecule has 1 aliphatic heterocycles. The van der Waals surface area contributed by atoms with Gasteiger partial charge in [0.2, 0.25) is 0 Å². The van der Waals surface area contributed by atoms with Gasteiger partial charge in [0, 0.05) is 11.5 Å². The number of hydrogen-bond acceptors (Lipinski definition) is 5. The SMILES string of the molecule is SC1(S)CSSSC1. The maximum atomic E-state index is 4.33. The molecule has 0 aromatic rings. The number of thiol groups is 2. The van der Waals surface area contributed by atoms with Crippen LogP contribution in [-0.4, -0.2) is 15.6 Å². The molecule has 1 rings (SSSR count). The normalized spacial score (nSPS) is 27.8. The molecule has 8 heavy (non-hydrogen) atoms. The predicted molar refractivity (Wildman–Crippen MR) is 53.2 cm³/mol. The Morgan fingerprint density at radius 3 is 1.88 bits per heavy atom. The Labute approximate surface area is 71.9 Å². The van der Waals surface area contributed by atoms with Crippen molar-refractivity contribution in [3.05, 3.63) is 0 Å². The first-order chi connectivity index (χ1) is 3.71. The molecule has 0 N–H and O–H groups in total. The molecule has 0 atom stereocenters. The Hall–Kier alpha value is 1.75. The molecule has 48 valence electrons. The lowest BCUT2D eigenvalue weighted by Crippen LogP contribution is -2.20. The highest BCUT2D eigenvalue weighted by molar-refractivity contribution is 9.09. The maximum absolute atomic E-state index is 4.33. The van der Waals surface area contributed by atoms with Crippen LogP contribution in [0.4, 0.5) is 0 Å². The lowest BCUT2D eigenvalue weighted by molar-refractivity contribution is 1.09. The first-order valence-corrected chi connectivity index (χ1v) is 6.78. The van der Waals surface area contributed by atoms with Crippen LogP contribution in [0.15, 0.2) is 0 Å². The summed E-state index contributed by atoms with van der Waals surface area (Å²) >= 11 is 8.65. The van der Waals surface area contributed by atoms with Gasteiger partial charge in [-0.1, -0.05) is 21.6 Å². The summed E-state index contributed by atoms with van der Waals surface area (Å²) < 4.78 is -0.0272. The van der Waals surface area contributed by atoms with Gasteiger partial charge in [0.15, 0.2) is 0 Å². The Morgan fingerprint density at radius 1 is 1.12 bits per heavy atom. The fourth-order valence-corrected chi connectivity index (χ4v) is 6.19. The third-order valence-corrected chi connectivity index (χ3v) is 6.59. The second kappa shape index (κ2) is 3.23. The molecule has 0 spiro atoms. The molecule has 1 heterocycles. The van der Waals surface area contributed by atoms with E-state index in [1.54, 1.807) is 0 Å². The summed E-state index contributed by atoms with van der Waals surface area (Å²) in [6, 6.07) is 0. The summed E-state index contributed by atoms with van der Waals surface area (Å²) in [6.07, 6.45) is 0. The van der Waals surface area contributed by atoms with E-state index in [4.69, 9.17) is 0 Å². The molecule has 1 saturated heterocycles. The predicted octanol–water partition coefficient (Wildman–Crippen LogP) is 2.59. The molecule has 0 amide bonds. The van der Waals surface area contributed by atoms with Crippen molar-refractivity contribution in [2.24, 2.45) is 0 Å². The molecule has 1 fully saturated rings. The fraction of sp³-hybridized carbons (Fsp3) is 1.00. The molecule has 1 aliphatic rings. The van der Waals surface area contributed by atoms with E-state index in [9.17, 15) is 0 Å².